The van der Waals surface area contributed by atoms with Crippen LogP contribution in [0.25, 0.3) is 0 Å². The molecule has 0 aliphatic carbocycles. The zero-order chi connectivity index (χ0) is 15.7. The first-order chi connectivity index (χ1) is 10.1. The van der Waals surface area contributed by atoms with Crippen LogP contribution in [0.1, 0.15) is 12.0 Å². The molecule has 7 heteroatoms. The molecule has 0 spiro atoms. The van der Waals surface area contributed by atoms with Crippen molar-refractivity contribution in [2.75, 3.05) is 19.6 Å². The second kappa shape index (κ2) is 8.80. The molecule has 1 rings (SSSR count). The van der Waals surface area contributed by atoms with Crippen LogP contribution in [0.5, 0.6) is 0 Å². The van der Waals surface area contributed by atoms with Gasteiger partial charge in [-0.2, -0.15) is 0 Å². The van der Waals surface area contributed by atoms with Crippen LogP contribution < -0.4 is 11.1 Å². The van der Waals surface area contributed by atoms with Crippen molar-refractivity contribution >= 4 is 18.2 Å². The number of nitrogens with two attached hydrogens (primary N) is 1. The lowest BCUT2D eigenvalue weighted by Crippen LogP contribution is -2.43. The lowest BCUT2D eigenvalue weighted by atomic mass is 10.1. The molecule has 21 heavy (non-hydrogen) atoms. The molecule has 0 bridgehead atoms. The molecule has 0 radical (unpaired) electrons. The molecule has 0 saturated heterocycles. The highest BCUT2D eigenvalue weighted by Gasteiger charge is 2.20. The van der Waals surface area contributed by atoms with E-state index in [1.54, 1.807) is 12.1 Å². The van der Waals surface area contributed by atoms with Crippen LogP contribution in [-0.2, 0) is 20.8 Å². The summed E-state index contributed by atoms with van der Waals surface area (Å²) in [4.78, 5) is 34.8. The van der Waals surface area contributed by atoms with Gasteiger partial charge in [0.15, 0.2) is 0 Å². The summed E-state index contributed by atoms with van der Waals surface area (Å²) in [5, 5.41) is 2.42. The Bertz CT molecular complexity index is 491. The molecule has 6 nitrogen and oxygen atoms in total. The van der Waals surface area contributed by atoms with Gasteiger partial charge in [0.2, 0.25) is 6.41 Å². The van der Waals surface area contributed by atoms with Crippen molar-refractivity contribution in [1.29, 1.82) is 0 Å². The Balaban J connectivity index is 2.39. The maximum absolute atomic E-state index is 12.7. The fourth-order valence-electron chi connectivity index (χ4n) is 1.64. The number of carbonyl (C=O) groups excluding carboxylic acids is 3. The first kappa shape index (κ1) is 16.8. The van der Waals surface area contributed by atoms with Crippen LogP contribution >= 0.6 is 0 Å². The maximum atomic E-state index is 12.7. The highest BCUT2D eigenvalue weighted by atomic mass is 19.1. The van der Waals surface area contributed by atoms with Gasteiger partial charge in [-0.1, -0.05) is 12.1 Å². The minimum atomic E-state index is -0.905. The zero-order valence-electron chi connectivity index (χ0n) is 11.5. The molecular formula is C14H18FN3O3. The highest BCUT2D eigenvalue weighted by molar-refractivity contribution is 6.36. The van der Waals surface area contributed by atoms with Crippen molar-refractivity contribution in [3.63, 3.8) is 0 Å². The van der Waals surface area contributed by atoms with Gasteiger partial charge in [-0.25, -0.2) is 4.39 Å². The van der Waals surface area contributed by atoms with Crippen LogP contribution in [0.3, 0.4) is 0 Å². The molecule has 3 amide bonds. The number of hydrogen-bond donors (Lipinski definition) is 2. The number of rotatable bonds is 7. The molecule has 0 aromatic heterocycles. The number of carbonyl (C=O) groups is 3. The Morgan fingerprint density at radius 3 is 2.52 bits per heavy atom. The molecule has 0 heterocycles. The van der Waals surface area contributed by atoms with E-state index in [1.165, 1.54) is 12.1 Å². The third-order valence-electron chi connectivity index (χ3n) is 2.80. The lowest BCUT2D eigenvalue weighted by molar-refractivity contribution is -0.148. The molecular weight excluding hydrogens is 277 g/mol. The van der Waals surface area contributed by atoms with Crippen molar-refractivity contribution in [2.24, 2.45) is 5.73 Å². The van der Waals surface area contributed by atoms with E-state index in [2.05, 4.69) is 5.32 Å². The minimum Gasteiger partial charge on any atom is -0.347 e. The van der Waals surface area contributed by atoms with Gasteiger partial charge in [-0.3, -0.25) is 19.3 Å². The third kappa shape index (κ3) is 5.70. The average Bonchev–Trinajstić information content (AvgIpc) is 2.49. The first-order valence-corrected chi connectivity index (χ1v) is 6.57. The molecule has 114 valence electrons. The van der Waals surface area contributed by atoms with E-state index >= 15 is 0 Å². The van der Waals surface area contributed by atoms with Crippen LogP contribution in [0.15, 0.2) is 24.3 Å². The molecule has 0 atom stereocenters. The molecule has 1 aromatic carbocycles. The molecule has 0 aliphatic heterocycles. The number of benzene rings is 1. The average molecular weight is 295 g/mol. The van der Waals surface area contributed by atoms with E-state index in [-0.39, 0.29) is 18.9 Å². The van der Waals surface area contributed by atoms with Gasteiger partial charge in [0.1, 0.15) is 5.82 Å². The maximum Gasteiger partial charge on any atom is 0.318 e. The number of imide groups is 1. The second-order valence-electron chi connectivity index (χ2n) is 4.38. The van der Waals surface area contributed by atoms with E-state index in [9.17, 15) is 18.8 Å². The highest BCUT2D eigenvalue weighted by Crippen LogP contribution is 2.02. The summed E-state index contributed by atoms with van der Waals surface area (Å²) in [7, 11) is 0. The number of amides is 3. The van der Waals surface area contributed by atoms with Crippen LogP contribution in [0, 0.1) is 5.82 Å². The van der Waals surface area contributed by atoms with Gasteiger partial charge in [0.25, 0.3) is 0 Å². The fraction of sp³-hybridized carbons (Fsp3) is 0.357. The smallest absolute Gasteiger partial charge is 0.318 e. The predicted molar refractivity (Wildman–Crippen MR) is 74.6 cm³/mol. The molecule has 0 fully saturated rings. The summed E-state index contributed by atoms with van der Waals surface area (Å²) in [6.45, 7) is 0.661. The van der Waals surface area contributed by atoms with Gasteiger partial charge in [-0.05, 0) is 37.1 Å². The standard InChI is InChI=1S/C14H18FN3O3/c15-12-4-2-11(3-5-12)6-8-17-13(20)14(21)18(10-19)9-1-7-16/h2-5,10H,1,6-9,16H2,(H,17,20). The van der Waals surface area contributed by atoms with Gasteiger partial charge in [-0.15, -0.1) is 0 Å². The molecule has 0 saturated carbocycles. The van der Waals surface area contributed by atoms with Gasteiger partial charge < -0.3 is 11.1 Å². The summed E-state index contributed by atoms with van der Waals surface area (Å²) in [5.41, 5.74) is 6.11. The monoisotopic (exact) mass is 295 g/mol. The Hall–Kier alpha value is -2.28. The summed E-state index contributed by atoms with van der Waals surface area (Å²) in [6.07, 6.45) is 1.22. The molecule has 3 N–H and O–H groups in total. The minimum absolute atomic E-state index is 0.115. The van der Waals surface area contributed by atoms with Gasteiger partial charge in [0.05, 0.1) is 0 Å². The number of hydrogen-bond acceptors (Lipinski definition) is 4. The lowest BCUT2D eigenvalue weighted by Gasteiger charge is -2.14. The first-order valence-electron chi connectivity index (χ1n) is 6.57. The fourth-order valence-corrected chi connectivity index (χ4v) is 1.64. The molecule has 0 aliphatic rings. The van der Waals surface area contributed by atoms with Crippen molar-refractivity contribution in [3.05, 3.63) is 35.6 Å². The zero-order valence-corrected chi connectivity index (χ0v) is 11.5. The molecule has 1 aromatic rings. The Morgan fingerprint density at radius 2 is 1.95 bits per heavy atom. The van der Waals surface area contributed by atoms with Crippen LogP contribution in [0.2, 0.25) is 0 Å². The number of halogens is 1. The third-order valence-corrected chi connectivity index (χ3v) is 2.80. The summed E-state index contributed by atoms with van der Waals surface area (Å²) < 4.78 is 12.7. The Morgan fingerprint density at radius 1 is 1.29 bits per heavy atom. The second-order valence-corrected chi connectivity index (χ2v) is 4.38. The van der Waals surface area contributed by atoms with E-state index in [0.717, 1.165) is 10.5 Å². The predicted octanol–water partition coefficient (Wildman–Crippen LogP) is -0.182. The van der Waals surface area contributed by atoms with Crippen molar-refractivity contribution in [3.8, 4) is 0 Å². The Labute approximate surface area is 122 Å². The summed E-state index contributed by atoms with van der Waals surface area (Å²) in [5.74, 6) is -2.08. The quantitative estimate of drug-likeness (QED) is 0.539. The van der Waals surface area contributed by atoms with E-state index in [1.807, 2.05) is 0 Å². The van der Waals surface area contributed by atoms with E-state index in [4.69, 9.17) is 5.73 Å². The molecule has 0 unspecified atom stereocenters. The summed E-state index contributed by atoms with van der Waals surface area (Å²) >= 11 is 0. The van der Waals surface area contributed by atoms with Gasteiger partial charge >= 0.3 is 11.8 Å². The number of nitrogens with one attached hydrogen (secondary N) is 1. The van der Waals surface area contributed by atoms with E-state index in [0.29, 0.717) is 25.8 Å². The normalized spacial score (nSPS) is 10.0. The van der Waals surface area contributed by atoms with Crippen LogP contribution in [0.4, 0.5) is 4.39 Å². The van der Waals surface area contributed by atoms with E-state index < -0.39 is 11.8 Å². The van der Waals surface area contributed by atoms with Crippen molar-refractivity contribution in [2.45, 2.75) is 12.8 Å². The van der Waals surface area contributed by atoms with Crippen LogP contribution in [-0.4, -0.2) is 42.8 Å². The summed E-state index contributed by atoms with van der Waals surface area (Å²) in [6, 6.07) is 5.84. The Kier molecular flexibility index (Phi) is 7.03. The largest absolute Gasteiger partial charge is 0.347 e. The van der Waals surface area contributed by atoms with Crippen molar-refractivity contribution in [1.82, 2.24) is 10.2 Å². The number of nitrogens with zero attached hydrogens (tertiary/aromatic N) is 1. The topological polar surface area (TPSA) is 92.5 Å². The van der Waals surface area contributed by atoms with Crippen molar-refractivity contribution < 1.29 is 18.8 Å². The SMILES string of the molecule is NCCCN(C=O)C(=O)C(=O)NCCc1ccc(F)cc1. The van der Waals surface area contributed by atoms with Gasteiger partial charge in [0, 0.05) is 13.1 Å².